The molecule has 1 rings (SSSR count). The van der Waals surface area contributed by atoms with Gasteiger partial charge >= 0.3 is 5.51 Å². The van der Waals surface area contributed by atoms with E-state index >= 15 is 0 Å². The fraction of sp³-hybridized carbons (Fsp3) is 0.333. The van der Waals surface area contributed by atoms with Crippen LogP contribution in [0.5, 0.6) is 0 Å². The molecule has 0 heterocycles. The Balaban J connectivity index is 2.64. The number of rotatable bonds is 3. The first kappa shape index (κ1) is 12.7. The summed E-state index contributed by atoms with van der Waals surface area (Å²) in [5.41, 5.74) is -3.29. The van der Waals surface area contributed by atoms with Crippen LogP contribution in [0.4, 0.5) is 13.2 Å². The molecule has 0 spiro atoms. The van der Waals surface area contributed by atoms with Gasteiger partial charge in [0.1, 0.15) is 0 Å². The maximum Gasteiger partial charge on any atom is 0.446 e. The molecule has 15 heavy (non-hydrogen) atoms. The van der Waals surface area contributed by atoms with Crippen molar-refractivity contribution < 1.29 is 13.2 Å². The van der Waals surface area contributed by atoms with Crippen molar-refractivity contribution in [2.24, 2.45) is 0 Å². The van der Waals surface area contributed by atoms with E-state index in [1.54, 1.807) is 23.5 Å². The Labute approximate surface area is 96.2 Å². The number of halogens is 3. The van der Waals surface area contributed by atoms with Crippen LogP contribution in [-0.2, 0) is 6.54 Å². The standard InChI is InChI=1S/C9H10F3NS2/c1-13(14)6-7-2-4-8(5-3-7)15-9(10,11)12/h2-5,14H,6H2,1H3. The number of hydrogen-bond donors (Lipinski definition) is 1. The van der Waals surface area contributed by atoms with E-state index in [1.165, 1.54) is 12.1 Å². The summed E-state index contributed by atoms with van der Waals surface area (Å²) < 4.78 is 37.6. The molecule has 0 radical (unpaired) electrons. The van der Waals surface area contributed by atoms with Crippen molar-refractivity contribution in [2.75, 3.05) is 7.05 Å². The van der Waals surface area contributed by atoms with Crippen LogP contribution in [0.25, 0.3) is 0 Å². The zero-order chi connectivity index (χ0) is 11.5. The highest BCUT2D eigenvalue weighted by atomic mass is 32.2. The highest BCUT2D eigenvalue weighted by molar-refractivity contribution is 8.00. The van der Waals surface area contributed by atoms with E-state index < -0.39 is 5.51 Å². The molecule has 0 fully saturated rings. The minimum atomic E-state index is -4.22. The topological polar surface area (TPSA) is 3.24 Å². The summed E-state index contributed by atoms with van der Waals surface area (Å²) in [6.45, 7) is 0.597. The molecule has 0 aromatic heterocycles. The molecule has 0 saturated heterocycles. The lowest BCUT2D eigenvalue weighted by atomic mass is 10.2. The van der Waals surface area contributed by atoms with Gasteiger partial charge in [0.25, 0.3) is 0 Å². The first-order valence-electron chi connectivity index (χ1n) is 4.11. The lowest BCUT2D eigenvalue weighted by Crippen LogP contribution is -2.04. The minimum absolute atomic E-state index is 0.104. The van der Waals surface area contributed by atoms with Gasteiger partial charge in [-0.15, -0.1) is 0 Å². The molecule has 0 N–H and O–H groups in total. The van der Waals surface area contributed by atoms with E-state index in [2.05, 4.69) is 12.8 Å². The van der Waals surface area contributed by atoms with E-state index in [4.69, 9.17) is 0 Å². The average molecular weight is 253 g/mol. The monoisotopic (exact) mass is 253 g/mol. The highest BCUT2D eigenvalue weighted by Gasteiger charge is 2.28. The predicted molar refractivity (Wildman–Crippen MR) is 58.8 cm³/mol. The zero-order valence-electron chi connectivity index (χ0n) is 7.95. The average Bonchev–Trinajstić information content (AvgIpc) is 2.05. The number of alkyl halides is 3. The van der Waals surface area contributed by atoms with Crippen molar-refractivity contribution in [1.29, 1.82) is 0 Å². The molecule has 1 nitrogen and oxygen atoms in total. The maximum absolute atomic E-state index is 12.0. The van der Waals surface area contributed by atoms with E-state index in [0.717, 1.165) is 5.56 Å². The normalized spacial score (nSPS) is 12.1. The van der Waals surface area contributed by atoms with E-state index in [0.29, 0.717) is 6.54 Å². The van der Waals surface area contributed by atoms with Crippen LogP contribution in [0.3, 0.4) is 0 Å². The Hall–Kier alpha value is -0.330. The van der Waals surface area contributed by atoms with Crippen molar-refractivity contribution in [3.8, 4) is 0 Å². The van der Waals surface area contributed by atoms with Crippen LogP contribution >= 0.6 is 24.6 Å². The third-order valence-corrected chi connectivity index (χ3v) is 2.45. The molecule has 84 valence electrons. The second-order valence-electron chi connectivity index (χ2n) is 3.01. The Morgan fingerprint density at radius 1 is 1.27 bits per heavy atom. The van der Waals surface area contributed by atoms with Crippen LogP contribution in [0.1, 0.15) is 5.56 Å². The number of hydrogen-bond acceptors (Lipinski definition) is 3. The predicted octanol–water partition coefficient (Wildman–Crippen LogP) is 3.58. The first-order chi connectivity index (χ1) is 6.87. The molecule has 0 saturated carbocycles. The van der Waals surface area contributed by atoms with Crippen LogP contribution in [-0.4, -0.2) is 16.9 Å². The Morgan fingerprint density at radius 2 is 1.80 bits per heavy atom. The van der Waals surface area contributed by atoms with Gasteiger partial charge in [-0.05, 0) is 36.5 Å². The van der Waals surface area contributed by atoms with Crippen molar-refractivity contribution in [2.45, 2.75) is 16.9 Å². The number of benzene rings is 1. The van der Waals surface area contributed by atoms with Gasteiger partial charge in [-0.2, -0.15) is 13.2 Å². The number of nitrogens with zero attached hydrogens (tertiary/aromatic N) is 1. The molecule has 0 aliphatic carbocycles. The molecule has 0 unspecified atom stereocenters. The molecule has 0 atom stereocenters. The molecular weight excluding hydrogens is 243 g/mol. The van der Waals surface area contributed by atoms with Gasteiger partial charge in [0.15, 0.2) is 0 Å². The third kappa shape index (κ3) is 5.34. The molecule has 0 aliphatic heterocycles. The molecule has 0 aliphatic rings. The summed E-state index contributed by atoms with van der Waals surface area (Å²) in [4.78, 5) is 0.202. The van der Waals surface area contributed by atoms with E-state index in [1.807, 2.05) is 0 Å². The smallest absolute Gasteiger partial charge is 0.252 e. The fourth-order valence-electron chi connectivity index (χ4n) is 1.06. The molecule has 1 aromatic rings. The van der Waals surface area contributed by atoms with Crippen LogP contribution in [0, 0.1) is 0 Å². The molecule has 6 heteroatoms. The first-order valence-corrected chi connectivity index (χ1v) is 5.33. The van der Waals surface area contributed by atoms with Crippen molar-refractivity contribution in [1.82, 2.24) is 4.31 Å². The van der Waals surface area contributed by atoms with Crippen molar-refractivity contribution >= 4 is 24.6 Å². The second kappa shape index (κ2) is 5.14. The largest absolute Gasteiger partial charge is 0.446 e. The zero-order valence-corrected chi connectivity index (χ0v) is 9.66. The SMILES string of the molecule is CN(S)Cc1ccc(SC(F)(F)F)cc1. The quantitative estimate of drug-likeness (QED) is 0.648. The van der Waals surface area contributed by atoms with Gasteiger partial charge in [0.2, 0.25) is 0 Å². The number of thiol groups is 1. The van der Waals surface area contributed by atoms with E-state index in [-0.39, 0.29) is 16.7 Å². The summed E-state index contributed by atoms with van der Waals surface area (Å²) in [5.74, 6) is 0. The molecule has 1 aromatic carbocycles. The fourth-order valence-corrected chi connectivity index (χ4v) is 1.76. The Morgan fingerprint density at radius 3 is 2.20 bits per heavy atom. The van der Waals surface area contributed by atoms with Crippen LogP contribution < -0.4 is 0 Å². The maximum atomic E-state index is 12.0. The summed E-state index contributed by atoms with van der Waals surface area (Å²) in [6, 6.07) is 6.26. The highest BCUT2D eigenvalue weighted by Crippen LogP contribution is 2.36. The third-order valence-electron chi connectivity index (χ3n) is 1.57. The minimum Gasteiger partial charge on any atom is -0.252 e. The lowest BCUT2D eigenvalue weighted by Gasteiger charge is -2.09. The van der Waals surface area contributed by atoms with Crippen molar-refractivity contribution in [3.05, 3.63) is 29.8 Å². The van der Waals surface area contributed by atoms with E-state index in [9.17, 15) is 13.2 Å². The summed E-state index contributed by atoms with van der Waals surface area (Å²) in [6.07, 6.45) is 0. The van der Waals surface area contributed by atoms with Gasteiger partial charge in [0.05, 0.1) is 0 Å². The van der Waals surface area contributed by atoms with Gasteiger partial charge < -0.3 is 0 Å². The van der Waals surface area contributed by atoms with Crippen LogP contribution in [0.15, 0.2) is 29.2 Å². The Kier molecular flexibility index (Phi) is 4.36. The molecule has 0 amide bonds. The summed E-state index contributed by atoms with van der Waals surface area (Å²) in [5, 5.41) is 0. The Bertz CT molecular complexity index is 308. The lowest BCUT2D eigenvalue weighted by molar-refractivity contribution is -0.0328. The van der Waals surface area contributed by atoms with Gasteiger partial charge in [-0.1, -0.05) is 24.9 Å². The second-order valence-corrected chi connectivity index (χ2v) is 4.83. The molecule has 0 bridgehead atoms. The van der Waals surface area contributed by atoms with Crippen LogP contribution in [0.2, 0.25) is 0 Å². The summed E-state index contributed by atoms with van der Waals surface area (Å²) >= 11 is 3.95. The number of thioether (sulfide) groups is 1. The van der Waals surface area contributed by atoms with Gasteiger partial charge in [-0.25, -0.2) is 0 Å². The van der Waals surface area contributed by atoms with Gasteiger partial charge in [-0.3, -0.25) is 4.31 Å². The van der Waals surface area contributed by atoms with Crippen molar-refractivity contribution in [3.63, 3.8) is 0 Å². The summed E-state index contributed by atoms with van der Waals surface area (Å²) in [7, 11) is 1.78. The molecular formula is C9H10F3NS2. The van der Waals surface area contributed by atoms with Gasteiger partial charge in [0, 0.05) is 11.4 Å².